The van der Waals surface area contributed by atoms with Crippen molar-refractivity contribution in [2.45, 2.75) is 33.1 Å². The maximum absolute atomic E-state index is 12.5. The average molecular weight is 345 g/mol. The topological polar surface area (TPSA) is 120 Å². The first kappa shape index (κ1) is 17.1. The lowest BCUT2D eigenvalue weighted by Crippen LogP contribution is -2.33. The van der Waals surface area contributed by atoms with Crippen LogP contribution in [0.3, 0.4) is 0 Å². The van der Waals surface area contributed by atoms with Gasteiger partial charge in [0.15, 0.2) is 5.69 Å². The molecule has 1 aliphatic rings. The van der Waals surface area contributed by atoms with Gasteiger partial charge in [0, 0.05) is 43.7 Å². The van der Waals surface area contributed by atoms with Crippen LogP contribution in [0.1, 0.15) is 40.4 Å². The number of nitrogens with one attached hydrogen (secondary N) is 3. The van der Waals surface area contributed by atoms with Crippen molar-refractivity contribution in [2.24, 2.45) is 5.92 Å². The molecule has 0 aromatic carbocycles. The highest BCUT2D eigenvalue weighted by Crippen LogP contribution is 2.19. The first-order valence-corrected chi connectivity index (χ1v) is 8.46. The summed E-state index contributed by atoms with van der Waals surface area (Å²) in [4.78, 5) is 30.3. The molecular weight excluding hydrogens is 322 g/mol. The van der Waals surface area contributed by atoms with Crippen LogP contribution in [0.25, 0.3) is 0 Å². The third-order valence-electron chi connectivity index (χ3n) is 4.67. The molecule has 2 aromatic heterocycles. The van der Waals surface area contributed by atoms with E-state index < -0.39 is 0 Å². The van der Waals surface area contributed by atoms with Gasteiger partial charge in [-0.15, -0.1) is 0 Å². The first-order chi connectivity index (χ1) is 12.0. The zero-order chi connectivity index (χ0) is 17.8. The van der Waals surface area contributed by atoms with Crippen molar-refractivity contribution in [3.8, 4) is 0 Å². The molecule has 0 radical (unpaired) electrons. The lowest BCUT2D eigenvalue weighted by Gasteiger charge is -2.16. The van der Waals surface area contributed by atoms with Crippen LogP contribution in [0.5, 0.6) is 0 Å². The fourth-order valence-electron chi connectivity index (χ4n) is 2.96. The highest BCUT2D eigenvalue weighted by Gasteiger charge is 2.29. The summed E-state index contributed by atoms with van der Waals surface area (Å²) in [5.74, 6) is 0.928. The molecule has 0 bridgehead atoms. The van der Waals surface area contributed by atoms with Crippen LogP contribution in [-0.4, -0.2) is 61.7 Å². The van der Waals surface area contributed by atoms with Gasteiger partial charge in [-0.25, -0.2) is 4.98 Å². The highest BCUT2D eigenvalue weighted by atomic mass is 16.2. The van der Waals surface area contributed by atoms with Gasteiger partial charge in [0.1, 0.15) is 12.2 Å². The van der Waals surface area contributed by atoms with Crippen LogP contribution in [0.4, 0.5) is 0 Å². The molecule has 0 aliphatic carbocycles. The van der Waals surface area contributed by atoms with Crippen molar-refractivity contribution in [3.05, 3.63) is 29.1 Å². The van der Waals surface area contributed by atoms with E-state index in [0.29, 0.717) is 44.0 Å². The monoisotopic (exact) mass is 345 g/mol. The van der Waals surface area contributed by atoms with Gasteiger partial charge in [-0.3, -0.25) is 19.8 Å². The lowest BCUT2D eigenvalue weighted by atomic mass is 10.1. The number of hydrogen-bond acceptors (Lipinski definition) is 5. The Kier molecular flexibility index (Phi) is 5.11. The summed E-state index contributed by atoms with van der Waals surface area (Å²) in [6.07, 6.45) is 3.23. The van der Waals surface area contributed by atoms with Crippen molar-refractivity contribution in [1.29, 1.82) is 0 Å². The summed E-state index contributed by atoms with van der Waals surface area (Å²) in [6, 6.07) is 0. The molecule has 0 saturated carbocycles. The highest BCUT2D eigenvalue weighted by molar-refractivity contribution is 5.94. The number of aryl methyl sites for hydroxylation is 2. The average Bonchev–Trinajstić information content (AvgIpc) is 3.34. The third-order valence-corrected chi connectivity index (χ3v) is 4.67. The molecule has 9 nitrogen and oxygen atoms in total. The molecule has 2 aromatic rings. The predicted molar refractivity (Wildman–Crippen MR) is 89.8 cm³/mol. The molecule has 9 heteroatoms. The Morgan fingerprint density at radius 1 is 1.36 bits per heavy atom. The Hall–Kier alpha value is -2.71. The minimum Gasteiger partial charge on any atom is -0.356 e. The molecule has 0 spiro atoms. The van der Waals surface area contributed by atoms with Crippen LogP contribution in [0.2, 0.25) is 0 Å². The fourth-order valence-corrected chi connectivity index (χ4v) is 2.96. The largest absolute Gasteiger partial charge is 0.356 e. The second-order valence-electron chi connectivity index (χ2n) is 6.46. The number of hydrogen-bond donors (Lipinski definition) is 3. The molecule has 134 valence electrons. The molecule has 1 fully saturated rings. The molecule has 1 aliphatic heterocycles. The number of aromatic amines is 2. The molecule has 3 N–H and O–H groups in total. The van der Waals surface area contributed by atoms with Crippen molar-refractivity contribution in [2.75, 3.05) is 19.6 Å². The normalized spacial score (nSPS) is 17.0. The molecule has 25 heavy (non-hydrogen) atoms. The van der Waals surface area contributed by atoms with Crippen LogP contribution in [-0.2, 0) is 11.2 Å². The number of H-pyrrole nitrogens is 2. The molecular formula is C16H23N7O2. The Labute approximate surface area is 145 Å². The number of carbonyl (C=O) groups excluding carboxylic acids is 2. The maximum Gasteiger partial charge on any atom is 0.274 e. The number of rotatable bonds is 6. The standard InChI is InChI=1S/C16H23N7O2/c1-10-11(2)20-22-15(10)16(25)23-6-5-12(8-23)7-17-14(24)4-3-13-18-9-19-21-13/h9,12H,3-8H2,1-2H3,(H,17,24)(H,20,22)(H,18,19,21)/t12-/m1/s1. The number of carbonyl (C=O) groups is 2. The quantitative estimate of drug-likeness (QED) is 0.698. The second-order valence-corrected chi connectivity index (χ2v) is 6.46. The van der Waals surface area contributed by atoms with Crippen LogP contribution >= 0.6 is 0 Å². The third kappa shape index (κ3) is 4.04. The van der Waals surface area contributed by atoms with Gasteiger partial charge >= 0.3 is 0 Å². The van der Waals surface area contributed by atoms with E-state index in [-0.39, 0.29) is 17.7 Å². The Morgan fingerprint density at radius 2 is 2.20 bits per heavy atom. The Balaban J connectivity index is 1.42. The summed E-state index contributed by atoms with van der Waals surface area (Å²) < 4.78 is 0. The SMILES string of the molecule is Cc1[nH]nc(C(=O)N2CC[C@H](CNC(=O)CCc3ncn[nH]3)C2)c1C. The Bertz CT molecular complexity index is 738. The molecule has 3 rings (SSSR count). The molecule has 3 heterocycles. The van der Waals surface area contributed by atoms with Gasteiger partial charge in [0.25, 0.3) is 5.91 Å². The van der Waals surface area contributed by atoms with Gasteiger partial charge in [-0.1, -0.05) is 0 Å². The fraction of sp³-hybridized carbons (Fsp3) is 0.562. The van der Waals surface area contributed by atoms with E-state index in [4.69, 9.17) is 0 Å². The van der Waals surface area contributed by atoms with Gasteiger partial charge in [-0.05, 0) is 26.2 Å². The molecule has 1 saturated heterocycles. The zero-order valence-electron chi connectivity index (χ0n) is 14.5. The minimum atomic E-state index is -0.0407. The number of amides is 2. The van der Waals surface area contributed by atoms with Gasteiger partial charge in [0.2, 0.25) is 5.91 Å². The van der Waals surface area contributed by atoms with E-state index in [1.165, 1.54) is 6.33 Å². The smallest absolute Gasteiger partial charge is 0.274 e. The van der Waals surface area contributed by atoms with Crippen molar-refractivity contribution < 1.29 is 9.59 Å². The summed E-state index contributed by atoms with van der Waals surface area (Å²) in [5.41, 5.74) is 2.31. The maximum atomic E-state index is 12.5. The summed E-state index contributed by atoms with van der Waals surface area (Å²) in [5, 5.41) is 16.4. The number of aromatic nitrogens is 5. The van der Waals surface area contributed by atoms with E-state index in [2.05, 4.69) is 30.7 Å². The number of likely N-dealkylation sites (tertiary alicyclic amines) is 1. The summed E-state index contributed by atoms with van der Waals surface area (Å²) in [6.45, 7) is 5.72. The van der Waals surface area contributed by atoms with Crippen molar-refractivity contribution >= 4 is 11.8 Å². The van der Waals surface area contributed by atoms with Gasteiger partial charge < -0.3 is 10.2 Å². The van der Waals surface area contributed by atoms with Gasteiger partial charge in [0.05, 0.1) is 0 Å². The zero-order valence-corrected chi connectivity index (χ0v) is 14.5. The van der Waals surface area contributed by atoms with E-state index in [1.54, 1.807) is 0 Å². The molecule has 0 unspecified atom stereocenters. The molecule has 2 amide bonds. The second kappa shape index (κ2) is 7.45. The summed E-state index contributed by atoms with van der Waals surface area (Å²) >= 11 is 0. The first-order valence-electron chi connectivity index (χ1n) is 8.46. The van der Waals surface area contributed by atoms with E-state index in [1.807, 2.05) is 18.7 Å². The number of nitrogens with zero attached hydrogens (tertiary/aromatic N) is 4. The molecule has 1 atom stereocenters. The van der Waals surface area contributed by atoms with Crippen LogP contribution in [0, 0.1) is 19.8 Å². The van der Waals surface area contributed by atoms with Crippen molar-refractivity contribution in [1.82, 2.24) is 35.6 Å². The predicted octanol–water partition coefficient (Wildman–Crippen LogP) is 0.356. The minimum absolute atomic E-state index is 0.0139. The van der Waals surface area contributed by atoms with Crippen LogP contribution in [0.15, 0.2) is 6.33 Å². The van der Waals surface area contributed by atoms with E-state index in [0.717, 1.165) is 17.7 Å². The lowest BCUT2D eigenvalue weighted by molar-refractivity contribution is -0.121. The van der Waals surface area contributed by atoms with Crippen LogP contribution < -0.4 is 5.32 Å². The summed E-state index contributed by atoms with van der Waals surface area (Å²) in [7, 11) is 0. The van der Waals surface area contributed by atoms with Gasteiger partial charge in [-0.2, -0.15) is 10.2 Å². The van der Waals surface area contributed by atoms with E-state index >= 15 is 0 Å². The Morgan fingerprint density at radius 3 is 2.88 bits per heavy atom. The van der Waals surface area contributed by atoms with E-state index in [9.17, 15) is 9.59 Å². The van der Waals surface area contributed by atoms with Crippen molar-refractivity contribution in [3.63, 3.8) is 0 Å².